The normalized spacial score (nSPS) is 11.1. The number of fused-ring (bicyclic) bond motifs is 1. The number of hydrogen-bond acceptors (Lipinski definition) is 1. The van der Waals surface area contributed by atoms with Gasteiger partial charge >= 0.3 is 0 Å². The van der Waals surface area contributed by atoms with Crippen molar-refractivity contribution in [2.24, 2.45) is 0 Å². The number of rotatable bonds is 4. The molecule has 18 heavy (non-hydrogen) atoms. The second kappa shape index (κ2) is 7.53. The number of hydrogen-bond donors (Lipinski definition) is 0. The third-order valence-corrected chi connectivity index (χ3v) is 9.33. The van der Waals surface area contributed by atoms with Crippen molar-refractivity contribution >= 4 is 18.3 Å². The Morgan fingerprint density at radius 3 is 1.94 bits per heavy atom. The van der Waals surface area contributed by atoms with Crippen molar-refractivity contribution in [2.75, 3.05) is 24.6 Å². The van der Waals surface area contributed by atoms with Gasteiger partial charge in [0.15, 0.2) is 0 Å². The Morgan fingerprint density at radius 2 is 1.50 bits per heavy atom. The molecule has 100 valence electrons. The van der Waals surface area contributed by atoms with Gasteiger partial charge in [-0.05, 0) is 38.7 Å². The number of para-hydroxylation sites is 2. The fourth-order valence-corrected chi connectivity index (χ4v) is 4.86. The molecule has 2 nitrogen and oxygen atoms in total. The molecule has 3 heteroatoms. The molecule has 0 aliphatic rings. The van der Waals surface area contributed by atoms with E-state index in [2.05, 4.69) is 37.7 Å². The number of benzene rings is 1. The van der Waals surface area contributed by atoms with E-state index in [4.69, 9.17) is 0 Å². The Kier molecular flexibility index (Phi) is 6.35. The SMILES string of the molecule is CC[P+](CC)(CC)CC.c1ccc2[n-]cnc2c1. The van der Waals surface area contributed by atoms with Crippen molar-refractivity contribution in [3.05, 3.63) is 30.6 Å². The minimum atomic E-state index is -0.420. The van der Waals surface area contributed by atoms with Gasteiger partial charge in [0.1, 0.15) is 0 Å². The predicted octanol–water partition coefficient (Wildman–Crippen LogP) is 4.28. The van der Waals surface area contributed by atoms with Crippen LogP contribution in [0.2, 0.25) is 0 Å². The topological polar surface area (TPSA) is 27.0 Å². The molecule has 2 aromatic rings. The highest BCUT2D eigenvalue weighted by molar-refractivity contribution is 7.75. The first kappa shape index (κ1) is 15.2. The maximum Gasteiger partial charge on any atom is 0.0565 e. The first-order valence-electron chi connectivity index (χ1n) is 6.88. The van der Waals surface area contributed by atoms with Crippen LogP contribution < -0.4 is 4.98 Å². The van der Waals surface area contributed by atoms with Crippen LogP contribution in [0.4, 0.5) is 0 Å². The van der Waals surface area contributed by atoms with Crippen LogP contribution in [0.3, 0.4) is 0 Å². The molecule has 0 saturated heterocycles. The average molecular weight is 264 g/mol. The molecule has 1 heterocycles. The van der Waals surface area contributed by atoms with Crippen LogP contribution in [0.5, 0.6) is 0 Å². The molecule has 0 aliphatic heterocycles. The Morgan fingerprint density at radius 1 is 0.944 bits per heavy atom. The largest absolute Gasteiger partial charge is 0.443 e. The standard InChI is InChI=1S/C8H20P.C7H5N2/c1-5-9(6-2,7-3)8-4;1-2-4-7-6(3-1)8-5-9-7/h5-8H2,1-4H3;1-5H/q+1;-1. The molecule has 0 bridgehead atoms. The summed E-state index contributed by atoms with van der Waals surface area (Å²) in [7, 11) is -0.420. The number of aromatic nitrogens is 2. The van der Waals surface area contributed by atoms with Gasteiger partial charge in [0, 0.05) is 7.26 Å². The van der Waals surface area contributed by atoms with E-state index < -0.39 is 7.26 Å². The zero-order chi connectivity index (χ0) is 13.4. The molecule has 0 saturated carbocycles. The molecule has 0 aliphatic carbocycles. The zero-order valence-corrected chi connectivity index (χ0v) is 13.0. The van der Waals surface area contributed by atoms with Gasteiger partial charge in [-0.25, -0.2) is 0 Å². The quantitative estimate of drug-likeness (QED) is 0.771. The summed E-state index contributed by atoms with van der Waals surface area (Å²) in [6.07, 6.45) is 7.39. The fourth-order valence-electron chi connectivity index (χ4n) is 2.18. The van der Waals surface area contributed by atoms with E-state index in [1.165, 1.54) is 24.6 Å². The van der Waals surface area contributed by atoms with Gasteiger partial charge in [-0.2, -0.15) is 0 Å². The molecule has 0 radical (unpaired) electrons. The summed E-state index contributed by atoms with van der Waals surface area (Å²) < 4.78 is 0. The van der Waals surface area contributed by atoms with Gasteiger partial charge in [0.05, 0.1) is 24.6 Å². The highest BCUT2D eigenvalue weighted by Gasteiger charge is 2.27. The predicted molar refractivity (Wildman–Crippen MR) is 84.1 cm³/mol. The van der Waals surface area contributed by atoms with Gasteiger partial charge < -0.3 is 9.97 Å². The lowest BCUT2D eigenvalue weighted by Gasteiger charge is -2.20. The molecule has 1 aromatic heterocycles. The Bertz CT molecular complexity index is 399. The molecule has 0 fully saturated rings. The summed E-state index contributed by atoms with van der Waals surface area (Å²) in [6.45, 7) is 9.41. The second-order valence-electron chi connectivity index (χ2n) is 4.47. The van der Waals surface area contributed by atoms with Crippen LogP contribution in [0.1, 0.15) is 27.7 Å². The van der Waals surface area contributed by atoms with Crippen LogP contribution >= 0.6 is 7.26 Å². The molecular weight excluding hydrogens is 239 g/mol. The zero-order valence-electron chi connectivity index (χ0n) is 12.1. The summed E-state index contributed by atoms with van der Waals surface area (Å²) in [5.41, 5.74) is 1.94. The van der Waals surface area contributed by atoms with Crippen LogP contribution in [0, 0.1) is 0 Å². The molecule has 0 N–H and O–H groups in total. The first-order chi connectivity index (χ1) is 8.71. The van der Waals surface area contributed by atoms with Gasteiger partial charge in [-0.1, -0.05) is 30.6 Å². The molecule has 1 aromatic carbocycles. The number of nitrogens with zero attached hydrogens (tertiary/aromatic N) is 2. The van der Waals surface area contributed by atoms with E-state index in [0.29, 0.717) is 0 Å². The van der Waals surface area contributed by atoms with E-state index in [9.17, 15) is 0 Å². The van der Waals surface area contributed by atoms with E-state index >= 15 is 0 Å². The Labute approximate surface area is 112 Å². The maximum atomic E-state index is 4.01. The molecule has 0 atom stereocenters. The number of imidazole rings is 1. The molecular formula is C15H25N2P. The molecule has 0 unspecified atom stereocenters. The summed E-state index contributed by atoms with van der Waals surface area (Å²) in [5.74, 6) is 0. The van der Waals surface area contributed by atoms with Crippen molar-refractivity contribution in [3.63, 3.8) is 0 Å². The summed E-state index contributed by atoms with van der Waals surface area (Å²) in [6, 6.07) is 7.80. The summed E-state index contributed by atoms with van der Waals surface area (Å²) in [4.78, 5) is 8.02. The Balaban J connectivity index is 0.000000180. The minimum Gasteiger partial charge on any atom is -0.443 e. The third kappa shape index (κ3) is 3.81. The van der Waals surface area contributed by atoms with Crippen molar-refractivity contribution in [2.45, 2.75) is 27.7 Å². The maximum absolute atomic E-state index is 4.01. The average Bonchev–Trinajstić information content (AvgIpc) is 2.91. The van der Waals surface area contributed by atoms with Crippen LogP contribution in [-0.2, 0) is 0 Å². The first-order valence-corrected chi connectivity index (χ1v) is 9.41. The van der Waals surface area contributed by atoms with Gasteiger partial charge in [-0.15, -0.1) is 0 Å². The highest BCUT2D eigenvalue weighted by atomic mass is 31.2. The smallest absolute Gasteiger partial charge is 0.0565 e. The van der Waals surface area contributed by atoms with Gasteiger partial charge in [-0.3, -0.25) is 0 Å². The minimum absolute atomic E-state index is 0.420. The third-order valence-electron chi connectivity index (χ3n) is 3.96. The van der Waals surface area contributed by atoms with Crippen molar-refractivity contribution in [3.8, 4) is 0 Å². The van der Waals surface area contributed by atoms with E-state index in [1.807, 2.05) is 24.3 Å². The monoisotopic (exact) mass is 264 g/mol. The second-order valence-corrected chi connectivity index (χ2v) is 9.68. The fraction of sp³-hybridized carbons (Fsp3) is 0.533. The van der Waals surface area contributed by atoms with Crippen LogP contribution in [0.25, 0.3) is 11.0 Å². The van der Waals surface area contributed by atoms with Crippen molar-refractivity contribution < 1.29 is 0 Å². The molecule has 2 rings (SSSR count). The summed E-state index contributed by atoms with van der Waals surface area (Å²) >= 11 is 0. The van der Waals surface area contributed by atoms with Crippen molar-refractivity contribution in [1.29, 1.82) is 0 Å². The lowest BCUT2D eigenvalue weighted by atomic mass is 10.3. The van der Waals surface area contributed by atoms with Crippen LogP contribution in [-0.4, -0.2) is 29.6 Å². The van der Waals surface area contributed by atoms with E-state index in [1.54, 1.807) is 6.33 Å². The van der Waals surface area contributed by atoms with E-state index in [0.717, 1.165) is 11.0 Å². The van der Waals surface area contributed by atoms with Crippen LogP contribution in [0.15, 0.2) is 30.6 Å². The highest BCUT2D eigenvalue weighted by Crippen LogP contribution is 2.57. The Hall–Kier alpha value is -0.880. The lowest BCUT2D eigenvalue weighted by molar-refractivity contribution is 1.25. The molecule has 0 spiro atoms. The van der Waals surface area contributed by atoms with Gasteiger partial charge in [0.25, 0.3) is 0 Å². The van der Waals surface area contributed by atoms with Gasteiger partial charge in [0.2, 0.25) is 0 Å². The van der Waals surface area contributed by atoms with E-state index in [-0.39, 0.29) is 0 Å². The van der Waals surface area contributed by atoms with Crippen molar-refractivity contribution in [1.82, 2.24) is 9.97 Å². The molecule has 0 amide bonds. The lowest BCUT2D eigenvalue weighted by Crippen LogP contribution is -2.04. The summed E-state index contributed by atoms with van der Waals surface area (Å²) in [5, 5.41) is 0.